The van der Waals surface area contributed by atoms with Crippen LogP contribution >= 0.6 is 11.3 Å². The maximum Gasteiger partial charge on any atom is 0.320 e. The van der Waals surface area contributed by atoms with Crippen LogP contribution in [0.2, 0.25) is 0 Å². The molecule has 1 aliphatic rings. The summed E-state index contributed by atoms with van der Waals surface area (Å²) < 4.78 is 4.96. The second-order valence-corrected chi connectivity index (χ2v) is 6.23. The zero-order valence-electron chi connectivity index (χ0n) is 12.5. The summed E-state index contributed by atoms with van der Waals surface area (Å²) in [5, 5.41) is 4.97. The number of rotatable bonds is 8. The van der Waals surface area contributed by atoms with Gasteiger partial charge in [0.25, 0.3) is 0 Å². The van der Waals surface area contributed by atoms with Gasteiger partial charge >= 0.3 is 5.97 Å². The molecule has 0 saturated heterocycles. The molecule has 1 aromatic heterocycles. The lowest BCUT2D eigenvalue weighted by atomic mass is 10.2. The van der Waals surface area contributed by atoms with Gasteiger partial charge in [0.05, 0.1) is 25.7 Å². The van der Waals surface area contributed by atoms with Crippen LogP contribution in [-0.4, -0.2) is 42.5 Å². The molecule has 21 heavy (non-hydrogen) atoms. The van der Waals surface area contributed by atoms with Crippen LogP contribution in [-0.2, 0) is 14.3 Å². The van der Waals surface area contributed by atoms with E-state index in [-0.39, 0.29) is 31.0 Å². The lowest BCUT2D eigenvalue weighted by Gasteiger charge is -2.21. The van der Waals surface area contributed by atoms with E-state index in [0.29, 0.717) is 12.6 Å². The molecule has 5 nitrogen and oxygen atoms in total. The van der Waals surface area contributed by atoms with Gasteiger partial charge in [0.2, 0.25) is 5.91 Å². The van der Waals surface area contributed by atoms with Crippen LogP contribution in [0, 0.1) is 0 Å². The standard InChI is InChI=1S/C15H22N2O3S/c1-3-20-15(19)10-17(12-6-7-12)9-14(18)16-11(2)13-5-4-8-21-13/h4-5,8,11-12H,3,6-7,9-10H2,1-2H3,(H,16,18). The van der Waals surface area contributed by atoms with E-state index in [1.165, 1.54) is 0 Å². The number of nitrogens with zero attached hydrogens (tertiary/aromatic N) is 1. The van der Waals surface area contributed by atoms with Gasteiger partial charge in [-0.1, -0.05) is 6.07 Å². The van der Waals surface area contributed by atoms with Gasteiger partial charge < -0.3 is 10.1 Å². The third-order valence-electron chi connectivity index (χ3n) is 3.39. The Hall–Kier alpha value is -1.40. The van der Waals surface area contributed by atoms with E-state index < -0.39 is 0 Å². The van der Waals surface area contributed by atoms with Crippen LogP contribution in [0.25, 0.3) is 0 Å². The fraction of sp³-hybridized carbons (Fsp3) is 0.600. The molecule has 0 aliphatic heterocycles. The van der Waals surface area contributed by atoms with Crippen molar-refractivity contribution in [3.63, 3.8) is 0 Å². The molecule has 1 fully saturated rings. The largest absolute Gasteiger partial charge is 0.465 e. The van der Waals surface area contributed by atoms with Crippen LogP contribution in [0.15, 0.2) is 17.5 Å². The van der Waals surface area contributed by atoms with Crippen LogP contribution in [0.3, 0.4) is 0 Å². The van der Waals surface area contributed by atoms with Gasteiger partial charge in [-0.25, -0.2) is 0 Å². The highest BCUT2D eigenvalue weighted by molar-refractivity contribution is 7.10. The molecule has 116 valence electrons. The molecular weight excluding hydrogens is 288 g/mol. The number of nitrogens with one attached hydrogen (secondary N) is 1. The predicted molar refractivity (Wildman–Crippen MR) is 82.1 cm³/mol. The highest BCUT2D eigenvalue weighted by atomic mass is 32.1. The highest BCUT2D eigenvalue weighted by Crippen LogP contribution is 2.26. The minimum atomic E-state index is -0.261. The minimum absolute atomic E-state index is 0.00106. The van der Waals surface area contributed by atoms with Crippen molar-refractivity contribution in [1.29, 1.82) is 0 Å². The second kappa shape index (κ2) is 7.56. The Bertz CT molecular complexity index is 471. The molecule has 1 aromatic rings. The van der Waals surface area contributed by atoms with Crippen molar-refractivity contribution in [2.75, 3.05) is 19.7 Å². The average Bonchev–Trinajstić information content (AvgIpc) is 3.12. The number of carbonyl (C=O) groups excluding carboxylic acids is 2. The van der Waals surface area contributed by atoms with Crippen molar-refractivity contribution in [2.24, 2.45) is 0 Å². The Kier molecular flexibility index (Phi) is 5.76. The molecule has 1 amide bonds. The molecular formula is C15H22N2O3S. The van der Waals surface area contributed by atoms with Gasteiger partial charge in [-0.2, -0.15) is 0 Å². The monoisotopic (exact) mass is 310 g/mol. The van der Waals surface area contributed by atoms with Crippen molar-refractivity contribution in [1.82, 2.24) is 10.2 Å². The Morgan fingerprint density at radius 3 is 2.81 bits per heavy atom. The minimum Gasteiger partial charge on any atom is -0.465 e. The zero-order valence-corrected chi connectivity index (χ0v) is 13.3. The van der Waals surface area contributed by atoms with E-state index in [1.807, 2.05) is 29.3 Å². The topological polar surface area (TPSA) is 58.6 Å². The highest BCUT2D eigenvalue weighted by Gasteiger charge is 2.32. The van der Waals surface area contributed by atoms with E-state index in [2.05, 4.69) is 5.32 Å². The summed E-state index contributed by atoms with van der Waals surface area (Å²) in [4.78, 5) is 26.8. The van der Waals surface area contributed by atoms with Gasteiger partial charge in [0.15, 0.2) is 0 Å². The summed E-state index contributed by atoms with van der Waals surface area (Å²) >= 11 is 1.63. The maximum atomic E-state index is 12.1. The third kappa shape index (κ3) is 5.13. The number of esters is 1. The Balaban J connectivity index is 1.82. The molecule has 1 heterocycles. The summed E-state index contributed by atoms with van der Waals surface area (Å²) in [7, 11) is 0. The molecule has 1 atom stereocenters. The van der Waals surface area contributed by atoms with Crippen molar-refractivity contribution in [2.45, 2.75) is 38.8 Å². The lowest BCUT2D eigenvalue weighted by Crippen LogP contribution is -2.42. The molecule has 1 aliphatic carbocycles. The molecule has 2 rings (SSSR count). The van der Waals surface area contributed by atoms with Gasteiger partial charge in [0, 0.05) is 10.9 Å². The molecule has 0 radical (unpaired) electrons. The average molecular weight is 310 g/mol. The number of hydrogen-bond acceptors (Lipinski definition) is 5. The number of carbonyl (C=O) groups is 2. The summed E-state index contributed by atoms with van der Waals surface area (Å²) in [5.41, 5.74) is 0. The normalized spacial score (nSPS) is 15.8. The summed E-state index contributed by atoms with van der Waals surface area (Å²) in [6.45, 7) is 4.57. The Morgan fingerprint density at radius 1 is 1.48 bits per heavy atom. The first-order chi connectivity index (χ1) is 10.1. The molecule has 0 spiro atoms. The van der Waals surface area contributed by atoms with Crippen LogP contribution in [0.5, 0.6) is 0 Å². The zero-order chi connectivity index (χ0) is 15.2. The van der Waals surface area contributed by atoms with E-state index in [9.17, 15) is 9.59 Å². The van der Waals surface area contributed by atoms with E-state index in [0.717, 1.165) is 17.7 Å². The van der Waals surface area contributed by atoms with Crippen molar-refractivity contribution < 1.29 is 14.3 Å². The van der Waals surface area contributed by atoms with Gasteiger partial charge in [-0.3, -0.25) is 14.5 Å². The van der Waals surface area contributed by atoms with E-state index >= 15 is 0 Å². The molecule has 1 unspecified atom stereocenters. The quantitative estimate of drug-likeness (QED) is 0.746. The predicted octanol–water partition coefficient (Wildman–Crippen LogP) is 1.95. The first-order valence-corrected chi connectivity index (χ1v) is 8.20. The first kappa shape index (κ1) is 16.0. The molecule has 1 N–H and O–H groups in total. The molecule has 1 saturated carbocycles. The number of hydrogen-bond donors (Lipinski definition) is 1. The SMILES string of the molecule is CCOC(=O)CN(CC(=O)NC(C)c1cccs1)C1CC1. The Morgan fingerprint density at radius 2 is 2.24 bits per heavy atom. The molecule has 0 aromatic carbocycles. The maximum absolute atomic E-state index is 12.1. The fourth-order valence-electron chi connectivity index (χ4n) is 2.21. The van der Waals surface area contributed by atoms with Crippen LogP contribution in [0.1, 0.15) is 37.6 Å². The van der Waals surface area contributed by atoms with Crippen molar-refractivity contribution >= 4 is 23.2 Å². The lowest BCUT2D eigenvalue weighted by molar-refractivity contribution is -0.144. The molecule has 0 bridgehead atoms. The first-order valence-electron chi connectivity index (χ1n) is 7.32. The summed E-state index contributed by atoms with van der Waals surface area (Å²) in [6, 6.07) is 4.32. The Labute approximate surface area is 129 Å². The smallest absolute Gasteiger partial charge is 0.320 e. The summed E-state index contributed by atoms with van der Waals surface area (Å²) in [6.07, 6.45) is 2.10. The number of thiophene rings is 1. The number of amides is 1. The van der Waals surface area contributed by atoms with Crippen LogP contribution < -0.4 is 5.32 Å². The number of ether oxygens (including phenoxy) is 1. The van der Waals surface area contributed by atoms with Gasteiger partial charge in [-0.05, 0) is 38.1 Å². The van der Waals surface area contributed by atoms with Crippen LogP contribution in [0.4, 0.5) is 0 Å². The van der Waals surface area contributed by atoms with Gasteiger partial charge in [0.1, 0.15) is 0 Å². The van der Waals surface area contributed by atoms with Gasteiger partial charge in [-0.15, -0.1) is 11.3 Å². The fourth-order valence-corrected chi connectivity index (χ4v) is 2.94. The van der Waals surface area contributed by atoms with E-state index in [4.69, 9.17) is 4.74 Å². The van der Waals surface area contributed by atoms with Crippen molar-refractivity contribution in [3.05, 3.63) is 22.4 Å². The van der Waals surface area contributed by atoms with E-state index in [1.54, 1.807) is 18.3 Å². The van der Waals surface area contributed by atoms with Crippen molar-refractivity contribution in [3.8, 4) is 0 Å². The summed E-state index contributed by atoms with van der Waals surface area (Å²) in [5.74, 6) is -0.310. The third-order valence-corrected chi connectivity index (χ3v) is 4.45. The molecule has 6 heteroatoms. The second-order valence-electron chi connectivity index (χ2n) is 5.25.